The van der Waals surface area contributed by atoms with Crippen molar-refractivity contribution >= 4 is 11.8 Å². The molecule has 1 N–H and O–H groups in total. The highest BCUT2D eigenvalue weighted by Gasteiger charge is 2.33. The maximum absolute atomic E-state index is 13.5. The van der Waals surface area contributed by atoms with Gasteiger partial charge in [0.1, 0.15) is 5.75 Å². The Bertz CT molecular complexity index is 1140. The van der Waals surface area contributed by atoms with Crippen LogP contribution in [-0.2, 0) is 11.2 Å². The Morgan fingerprint density at radius 2 is 1.79 bits per heavy atom. The van der Waals surface area contributed by atoms with Crippen LogP contribution in [0.2, 0.25) is 0 Å². The number of ether oxygens (including phenoxy) is 1. The van der Waals surface area contributed by atoms with Crippen LogP contribution in [-0.4, -0.2) is 35.9 Å². The standard InChI is InChI=1S/C29H30N2O3/c1-3-18-30-28(32)26(4-2)34-24-16-15-21-17-19-31(29(33)23-13-9-6-10-14-23)27(25(21)20-24)22-11-7-5-8-12-22/h3,5-16,20,26-27H,1,4,17-19H2,2H3,(H,30,32). The molecule has 0 aliphatic carbocycles. The second-order valence-electron chi connectivity index (χ2n) is 8.34. The smallest absolute Gasteiger partial charge is 0.261 e. The number of nitrogens with one attached hydrogen (secondary N) is 1. The highest BCUT2D eigenvalue weighted by molar-refractivity contribution is 5.95. The van der Waals surface area contributed by atoms with Gasteiger partial charge in [-0.3, -0.25) is 9.59 Å². The summed E-state index contributed by atoms with van der Waals surface area (Å²) in [6, 6.07) is 25.2. The second kappa shape index (κ2) is 10.8. The zero-order valence-corrected chi connectivity index (χ0v) is 19.4. The molecule has 34 heavy (non-hydrogen) atoms. The van der Waals surface area contributed by atoms with Gasteiger partial charge in [-0.2, -0.15) is 0 Å². The van der Waals surface area contributed by atoms with Crippen LogP contribution in [0.1, 0.15) is 46.4 Å². The van der Waals surface area contributed by atoms with E-state index in [-0.39, 0.29) is 17.9 Å². The zero-order valence-electron chi connectivity index (χ0n) is 19.4. The molecule has 5 nitrogen and oxygen atoms in total. The molecule has 3 aromatic rings. The summed E-state index contributed by atoms with van der Waals surface area (Å²) in [5, 5.41) is 2.81. The Morgan fingerprint density at radius 1 is 1.09 bits per heavy atom. The fourth-order valence-corrected chi connectivity index (χ4v) is 4.40. The molecule has 5 heteroatoms. The molecule has 0 aromatic heterocycles. The van der Waals surface area contributed by atoms with E-state index in [9.17, 15) is 9.59 Å². The van der Waals surface area contributed by atoms with E-state index in [1.54, 1.807) is 6.08 Å². The van der Waals surface area contributed by atoms with Crippen molar-refractivity contribution in [1.29, 1.82) is 0 Å². The Hall–Kier alpha value is -3.86. The maximum Gasteiger partial charge on any atom is 0.261 e. The predicted molar refractivity (Wildman–Crippen MR) is 134 cm³/mol. The van der Waals surface area contributed by atoms with Crippen molar-refractivity contribution in [2.45, 2.75) is 31.9 Å². The molecule has 2 unspecified atom stereocenters. The van der Waals surface area contributed by atoms with E-state index in [0.29, 0.717) is 30.8 Å². The summed E-state index contributed by atoms with van der Waals surface area (Å²) in [6.07, 6.45) is 2.35. The Kier molecular flexibility index (Phi) is 7.43. The van der Waals surface area contributed by atoms with Crippen molar-refractivity contribution in [2.75, 3.05) is 13.1 Å². The molecule has 0 saturated heterocycles. The molecule has 1 aliphatic rings. The van der Waals surface area contributed by atoms with E-state index >= 15 is 0 Å². The van der Waals surface area contributed by atoms with Crippen molar-refractivity contribution in [3.63, 3.8) is 0 Å². The van der Waals surface area contributed by atoms with Gasteiger partial charge >= 0.3 is 0 Å². The van der Waals surface area contributed by atoms with Gasteiger partial charge in [0.15, 0.2) is 6.10 Å². The average molecular weight is 455 g/mol. The fraction of sp³-hybridized carbons (Fsp3) is 0.241. The number of benzene rings is 3. The lowest BCUT2D eigenvalue weighted by Crippen LogP contribution is -2.41. The largest absolute Gasteiger partial charge is 0.481 e. The van der Waals surface area contributed by atoms with Gasteiger partial charge in [0.2, 0.25) is 0 Å². The number of carbonyl (C=O) groups excluding carboxylic acids is 2. The third kappa shape index (κ3) is 5.04. The van der Waals surface area contributed by atoms with Crippen molar-refractivity contribution in [3.05, 3.63) is 114 Å². The molecule has 4 rings (SSSR count). The number of nitrogens with zero attached hydrogens (tertiary/aromatic N) is 1. The first-order chi connectivity index (χ1) is 16.6. The van der Waals surface area contributed by atoms with Crippen LogP contribution in [0, 0.1) is 0 Å². The van der Waals surface area contributed by atoms with Gasteiger partial charge in [-0.25, -0.2) is 0 Å². The molecular weight excluding hydrogens is 424 g/mol. The van der Waals surface area contributed by atoms with E-state index in [2.05, 4.69) is 30.1 Å². The molecule has 1 heterocycles. The third-order valence-corrected chi connectivity index (χ3v) is 6.10. The summed E-state index contributed by atoms with van der Waals surface area (Å²) in [6.45, 7) is 6.59. The first kappa shape index (κ1) is 23.3. The number of rotatable bonds is 8. The van der Waals surface area contributed by atoms with E-state index in [1.807, 2.05) is 72.5 Å². The first-order valence-electron chi connectivity index (χ1n) is 11.7. The van der Waals surface area contributed by atoms with E-state index in [0.717, 1.165) is 17.5 Å². The Labute approximate surface area is 201 Å². The fourth-order valence-electron chi connectivity index (χ4n) is 4.40. The van der Waals surface area contributed by atoms with Crippen LogP contribution in [0.4, 0.5) is 0 Å². The van der Waals surface area contributed by atoms with Crippen molar-refractivity contribution in [1.82, 2.24) is 10.2 Å². The van der Waals surface area contributed by atoms with E-state index in [4.69, 9.17) is 4.74 Å². The van der Waals surface area contributed by atoms with Crippen LogP contribution in [0.5, 0.6) is 5.75 Å². The molecule has 174 valence electrons. The molecule has 0 saturated carbocycles. The third-order valence-electron chi connectivity index (χ3n) is 6.10. The van der Waals surface area contributed by atoms with Crippen LogP contribution >= 0.6 is 0 Å². The first-order valence-corrected chi connectivity index (χ1v) is 11.7. The Balaban J connectivity index is 1.69. The summed E-state index contributed by atoms with van der Waals surface area (Å²) >= 11 is 0. The summed E-state index contributed by atoms with van der Waals surface area (Å²) in [5.41, 5.74) is 3.92. The molecule has 0 spiro atoms. The molecule has 1 aliphatic heterocycles. The lowest BCUT2D eigenvalue weighted by Gasteiger charge is -2.38. The monoisotopic (exact) mass is 454 g/mol. The summed E-state index contributed by atoms with van der Waals surface area (Å²) in [4.78, 5) is 27.9. The van der Waals surface area contributed by atoms with Crippen LogP contribution < -0.4 is 10.1 Å². The topological polar surface area (TPSA) is 58.6 Å². The quantitative estimate of drug-likeness (QED) is 0.491. The predicted octanol–water partition coefficient (Wildman–Crippen LogP) is 4.93. The van der Waals surface area contributed by atoms with Gasteiger partial charge in [-0.1, -0.05) is 67.6 Å². The summed E-state index contributed by atoms with van der Waals surface area (Å²) in [7, 11) is 0. The Morgan fingerprint density at radius 3 is 2.47 bits per heavy atom. The minimum Gasteiger partial charge on any atom is -0.481 e. The molecule has 3 aromatic carbocycles. The lowest BCUT2D eigenvalue weighted by atomic mass is 9.87. The SMILES string of the molecule is C=CCNC(=O)C(CC)Oc1ccc2c(c1)C(c1ccccc1)N(C(=O)c1ccccc1)CC2. The molecule has 0 radical (unpaired) electrons. The number of amides is 2. The van der Waals surface area contributed by atoms with Crippen molar-refractivity contribution in [2.24, 2.45) is 0 Å². The number of carbonyl (C=O) groups is 2. The molecule has 2 atom stereocenters. The van der Waals surface area contributed by atoms with Gasteiger partial charge in [0.25, 0.3) is 11.8 Å². The lowest BCUT2D eigenvalue weighted by molar-refractivity contribution is -0.127. The highest BCUT2D eigenvalue weighted by Crippen LogP contribution is 2.38. The normalized spacial score (nSPS) is 15.7. The minimum absolute atomic E-state index is 0.00154. The molecule has 0 fully saturated rings. The average Bonchev–Trinajstić information content (AvgIpc) is 2.90. The highest BCUT2D eigenvalue weighted by atomic mass is 16.5. The maximum atomic E-state index is 13.5. The van der Waals surface area contributed by atoms with Crippen LogP contribution in [0.25, 0.3) is 0 Å². The van der Waals surface area contributed by atoms with Gasteiger partial charge in [-0.05, 0) is 53.8 Å². The van der Waals surface area contributed by atoms with Gasteiger partial charge in [0, 0.05) is 18.7 Å². The summed E-state index contributed by atoms with van der Waals surface area (Å²) < 4.78 is 6.10. The van der Waals surface area contributed by atoms with E-state index < -0.39 is 6.10 Å². The second-order valence-corrected chi connectivity index (χ2v) is 8.34. The molecule has 2 amide bonds. The van der Waals surface area contributed by atoms with Crippen LogP contribution in [0.15, 0.2) is 91.5 Å². The van der Waals surface area contributed by atoms with Gasteiger partial charge < -0.3 is 15.0 Å². The summed E-state index contributed by atoms with van der Waals surface area (Å²) in [5.74, 6) is 0.455. The minimum atomic E-state index is -0.598. The zero-order chi connectivity index (χ0) is 23.9. The molecule has 0 bridgehead atoms. The van der Waals surface area contributed by atoms with Gasteiger partial charge in [-0.15, -0.1) is 6.58 Å². The molecular formula is C29H30N2O3. The van der Waals surface area contributed by atoms with Gasteiger partial charge in [0.05, 0.1) is 6.04 Å². The number of fused-ring (bicyclic) bond motifs is 1. The van der Waals surface area contributed by atoms with Crippen molar-refractivity contribution < 1.29 is 14.3 Å². The van der Waals surface area contributed by atoms with Crippen molar-refractivity contribution in [3.8, 4) is 5.75 Å². The number of hydrogen-bond acceptors (Lipinski definition) is 3. The van der Waals surface area contributed by atoms with E-state index in [1.165, 1.54) is 5.56 Å². The van der Waals surface area contributed by atoms with Crippen LogP contribution in [0.3, 0.4) is 0 Å². The number of hydrogen-bond donors (Lipinski definition) is 1.